The van der Waals surface area contributed by atoms with Crippen molar-refractivity contribution < 1.29 is 19.1 Å². The molecule has 0 aliphatic carbocycles. The molecular formula is C19H36N4O4. The zero-order valence-electron chi connectivity index (χ0n) is 17.8. The number of nitrogens with one attached hydrogen (secondary N) is 2. The van der Waals surface area contributed by atoms with Gasteiger partial charge < -0.3 is 15.0 Å². The largest absolute Gasteiger partial charge is 0.444 e. The highest BCUT2D eigenvalue weighted by Crippen LogP contribution is 2.22. The van der Waals surface area contributed by atoms with Crippen LogP contribution in [0.4, 0.5) is 9.59 Å². The molecule has 2 N–H and O–H groups in total. The molecular weight excluding hydrogens is 348 g/mol. The molecule has 0 bridgehead atoms. The van der Waals surface area contributed by atoms with Gasteiger partial charge in [0.05, 0.1) is 6.04 Å². The fourth-order valence-electron chi connectivity index (χ4n) is 3.14. The number of amides is 4. The first-order chi connectivity index (χ1) is 12.4. The quantitative estimate of drug-likeness (QED) is 0.758. The molecule has 8 nitrogen and oxygen atoms in total. The number of hydrogen-bond donors (Lipinski definition) is 2. The van der Waals surface area contributed by atoms with Gasteiger partial charge in [-0.25, -0.2) is 9.59 Å². The van der Waals surface area contributed by atoms with Crippen molar-refractivity contribution in [1.29, 1.82) is 0 Å². The Balaban J connectivity index is 2.70. The first-order valence-corrected chi connectivity index (χ1v) is 9.70. The van der Waals surface area contributed by atoms with Crippen molar-refractivity contribution in [3.05, 3.63) is 0 Å². The highest BCUT2D eigenvalue weighted by molar-refractivity contribution is 5.96. The lowest BCUT2D eigenvalue weighted by molar-refractivity contribution is -0.125. The molecule has 27 heavy (non-hydrogen) atoms. The van der Waals surface area contributed by atoms with Crippen molar-refractivity contribution in [3.63, 3.8) is 0 Å². The molecule has 156 valence electrons. The Morgan fingerprint density at radius 1 is 1.22 bits per heavy atom. The zero-order valence-corrected chi connectivity index (χ0v) is 17.8. The van der Waals surface area contributed by atoms with Gasteiger partial charge in [0.1, 0.15) is 5.60 Å². The average molecular weight is 385 g/mol. The minimum atomic E-state index is -0.532. The lowest BCUT2D eigenvalue weighted by Gasteiger charge is -2.39. The number of piperidine rings is 1. The van der Waals surface area contributed by atoms with Crippen LogP contribution in [0.5, 0.6) is 0 Å². The minimum absolute atomic E-state index is 0.0317. The van der Waals surface area contributed by atoms with E-state index in [1.807, 2.05) is 34.6 Å². The van der Waals surface area contributed by atoms with Crippen LogP contribution in [-0.4, -0.2) is 72.2 Å². The van der Waals surface area contributed by atoms with Crippen LogP contribution in [0, 0.1) is 5.92 Å². The van der Waals surface area contributed by atoms with E-state index in [-0.39, 0.29) is 24.0 Å². The fourth-order valence-corrected chi connectivity index (χ4v) is 3.14. The summed E-state index contributed by atoms with van der Waals surface area (Å²) < 4.78 is 5.54. The van der Waals surface area contributed by atoms with Gasteiger partial charge in [-0.3, -0.25) is 15.0 Å². The summed E-state index contributed by atoms with van der Waals surface area (Å²) in [5.74, 6) is -0.0632. The summed E-state index contributed by atoms with van der Waals surface area (Å²) in [6.45, 7) is 13.4. The van der Waals surface area contributed by atoms with E-state index in [0.29, 0.717) is 13.1 Å². The number of imide groups is 1. The number of rotatable bonds is 5. The fraction of sp³-hybridized carbons (Fsp3) is 0.842. The lowest BCUT2D eigenvalue weighted by Crippen LogP contribution is -2.53. The van der Waals surface area contributed by atoms with Crippen LogP contribution >= 0.6 is 0 Å². The molecule has 4 amide bonds. The molecule has 0 aromatic heterocycles. The summed E-state index contributed by atoms with van der Waals surface area (Å²) in [5, 5.41) is 4.71. The molecule has 0 aromatic carbocycles. The standard InChI is InChI=1S/C19H36N4O4/c1-13(2)23(18(26)27-19(4,5)6)12-15-9-8-10-22(11-15)14(3)16(24)21-17(25)20-7/h13-15H,8-12H2,1-7H3,(H2,20,21,24,25)/t14-,15+/m0/s1. The maximum absolute atomic E-state index is 12.5. The van der Waals surface area contributed by atoms with E-state index in [1.54, 1.807) is 11.8 Å². The Hall–Kier alpha value is -1.83. The number of nitrogens with zero attached hydrogens (tertiary/aromatic N) is 2. The van der Waals surface area contributed by atoms with Crippen LogP contribution in [0.2, 0.25) is 0 Å². The molecule has 2 atom stereocenters. The molecule has 1 rings (SSSR count). The smallest absolute Gasteiger partial charge is 0.410 e. The van der Waals surface area contributed by atoms with E-state index < -0.39 is 17.7 Å². The van der Waals surface area contributed by atoms with Crippen LogP contribution in [-0.2, 0) is 9.53 Å². The molecule has 0 aromatic rings. The van der Waals surface area contributed by atoms with Gasteiger partial charge in [0.15, 0.2) is 0 Å². The van der Waals surface area contributed by atoms with Crippen LogP contribution in [0.3, 0.4) is 0 Å². The van der Waals surface area contributed by atoms with Gasteiger partial charge in [-0.15, -0.1) is 0 Å². The molecule has 1 heterocycles. The summed E-state index contributed by atoms with van der Waals surface area (Å²) >= 11 is 0. The lowest BCUT2D eigenvalue weighted by atomic mass is 9.95. The number of hydrogen-bond acceptors (Lipinski definition) is 5. The van der Waals surface area contributed by atoms with Crippen LogP contribution in [0.25, 0.3) is 0 Å². The van der Waals surface area contributed by atoms with Gasteiger partial charge in [-0.05, 0) is 66.8 Å². The third kappa shape index (κ3) is 7.74. The highest BCUT2D eigenvalue weighted by atomic mass is 16.6. The van der Waals surface area contributed by atoms with Crippen molar-refractivity contribution >= 4 is 18.0 Å². The van der Waals surface area contributed by atoms with Gasteiger partial charge in [0.2, 0.25) is 5.91 Å². The van der Waals surface area contributed by atoms with Crippen molar-refractivity contribution in [2.45, 2.75) is 72.1 Å². The third-order valence-corrected chi connectivity index (χ3v) is 4.65. The van der Waals surface area contributed by atoms with Crippen molar-refractivity contribution in [1.82, 2.24) is 20.4 Å². The van der Waals surface area contributed by atoms with E-state index in [2.05, 4.69) is 15.5 Å². The predicted octanol–water partition coefficient (Wildman–Crippen LogP) is 2.19. The van der Waals surface area contributed by atoms with Crippen molar-refractivity contribution in [2.75, 3.05) is 26.7 Å². The Labute approximate surface area is 163 Å². The van der Waals surface area contributed by atoms with E-state index in [4.69, 9.17) is 4.74 Å². The summed E-state index contributed by atoms with van der Waals surface area (Å²) in [6.07, 6.45) is 1.63. The number of carbonyl (C=O) groups is 3. The number of ether oxygens (including phenoxy) is 1. The van der Waals surface area contributed by atoms with Gasteiger partial charge in [0.25, 0.3) is 0 Å². The highest BCUT2D eigenvalue weighted by Gasteiger charge is 2.32. The van der Waals surface area contributed by atoms with Crippen molar-refractivity contribution in [3.8, 4) is 0 Å². The third-order valence-electron chi connectivity index (χ3n) is 4.65. The van der Waals surface area contributed by atoms with Crippen molar-refractivity contribution in [2.24, 2.45) is 5.92 Å². The Morgan fingerprint density at radius 2 is 1.85 bits per heavy atom. The number of urea groups is 1. The zero-order chi connectivity index (χ0) is 20.8. The van der Waals surface area contributed by atoms with Crippen LogP contribution in [0.15, 0.2) is 0 Å². The van der Waals surface area contributed by atoms with Gasteiger partial charge in [-0.2, -0.15) is 0 Å². The van der Waals surface area contributed by atoms with Gasteiger partial charge in [-0.1, -0.05) is 0 Å². The maximum Gasteiger partial charge on any atom is 0.410 e. The Morgan fingerprint density at radius 3 is 2.37 bits per heavy atom. The second-order valence-corrected chi connectivity index (χ2v) is 8.47. The molecule has 0 unspecified atom stereocenters. The predicted molar refractivity (Wildman–Crippen MR) is 104 cm³/mol. The first kappa shape index (κ1) is 23.2. The molecule has 1 aliphatic rings. The number of carbonyl (C=O) groups excluding carboxylic acids is 3. The normalized spacial score (nSPS) is 19.3. The molecule has 1 aliphatic heterocycles. The van der Waals surface area contributed by atoms with Crippen LogP contribution in [0.1, 0.15) is 54.4 Å². The first-order valence-electron chi connectivity index (χ1n) is 9.70. The van der Waals surface area contributed by atoms with E-state index in [0.717, 1.165) is 19.4 Å². The second-order valence-electron chi connectivity index (χ2n) is 8.47. The average Bonchev–Trinajstić information content (AvgIpc) is 2.57. The summed E-state index contributed by atoms with van der Waals surface area (Å²) in [7, 11) is 1.47. The van der Waals surface area contributed by atoms with Gasteiger partial charge >= 0.3 is 12.1 Å². The van der Waals surface area contributed by atoms with Crippen LogP contribution < -0.4 is 10.6 Å². The molecule has 0 saturated carbocycles. The van der Waals surface area contributed by atoms with E-state index in [9.17, 15) is 14.4 Å². The van der Waals surface area contributed by atoms with E-state index in [1.165, 1.54) is 7.05 Å². The second kappa shape index (κ2) is 9.92. The topological polar surface area (TPSA) is 91.0 Å². The minimum Gasteiger partial charge on any atom is -0.444 e. The summed E-state index contributed by atoms with van der Waals surface area (Å²) in [5.41, 5.74) is -0.532. The number of likely N-dealkylation sites (tertiary alicyclic amines) is 1. The summed E-state index contributed by atoms with van der Waals surface area (Å²) in [6, 6.07) is -0.875. The molecule has 1 fully saturated rings. The Bertz CT molecular complexity index is 530. The summed E-state index contributed by atoms with van der Waals surface area (Å²) in [4.78, 5) is 39.9. The molecule has 1 saturated heterocycles. The maximum atomic E-state index is 12.5. The Kier molecular flexibility index (Phi) is 8.53. The SMILES string of the molecule is CNC(=O)NC(=O)[C@H](C)N1CCC[C@@H](CN(C(=O)OC(C)(C)C)C(C)C)C1. The van der Waals surface area contributed by atoms with Gasteiger partial charge in [0, 0.05) is 26.2 Å². The molecule has 0 radical (unpaired) electrons. The monoisotopic (exact) mass is 384 g/mol. The molecule has 0 spiro atoms. The van der Waals surface area contributed by atoms with E-state index >= 15 is 0 Å². The molecule has 8 heteroatoms.